The summed E-state index contributed by atoms with van der Waals surface area (Å²) in [6.45, 7) is 1.60. The molecule has 1 saturated carbocycles. The first-order valence-corrected chi connectivity index (χ1v) is 14.1. The molecular formula is C30H33ClN6O5. The van der Waals surface area contributed by atoms with Crippen LogP contribution in [0, 0.1) is 6.92 Å². The number of furan rings is 1. The molecule has 2 amide bonds. The molecule has 0 unspecified atom stereocenters. The van der Waals surface area contributed by atoms with Gasteiger partial charge < -0.3 is 24.1 Å². The van der Waals surface area contributed by atoms with Crippen LogP contribution in [0.4, 0.5) is 0 Å². The van der Waals surface area contributed by atoms with Crippen LogP contribution in [0.15, 0.2) is 59.0 Å². The van der Waals surface area contributed by atoms with E-state index in [0.717, 1.165) is 25.7 Å². The molecule has 1 aliphatic rings. The van der Waals surface area contributed by atoms with Crippen LogP contribution in [0.1, 0.15) is 48.8 Å². The Labute approximate surface area is 248 Å². The largest absolute Gasteiger partial charge is 0.493 e. The summed E-state index contributed by atoms with van der Waals surface area (Å²) < 4.78 is 16.6. The fraction of sp³-hybridized carbons (Fsp3) is 0.367. The van der Waals surface area contributed by atoms with Crippen LogP contribution in [0.5, 0.6) is 11.5 Å². The molecule has 1 N–H and O–H groups in total. The molecule has 2 heterocycles. The lowest BCUT2D eigenvalue weighted by atomic mass is 10.1. The smallest absolute Gasteiger partial charge is 0.250 e. The average molecular weight is 593 g/mol. The number of ether oxygens (including phenoxy) is 2. The molecule has 5 rings (SSSR count). The molecule has 12 heteroatoms. The monoisotopic (exact) mass is 592 g/mol. The number of aryl methyl sites for hydroxylation is 1. The van der Waals surface area contributed by atoms with E-state index in [9.17, 15) is 9.59 Å². The maximum Gasteiger partial charge on any atom is 0.250 e. The Bertz CT molecular complexity index is 1550. The van der Waals surface area contributed by atoms with Gasteiger partial charge in [0.15, 0.2) is 17.5 Å². The predicted octanol–water partition coefficient (Wildman–Crippen LogP) is 4.74. The zero-order valence-corrected chi connectivity index (χ0v) is 24.5. The number of nitrogens with zero attached hydrogens (tertiary/aromatic N) is 5. The van der Waals surface area contributed by atoms with Crippen molar-refractivity contribution in [3.63, 3.8) is 0 Å². The molecule has 1 fully saturated rings. The van der Waals surface area contributed by atoms with E-state index >= 15 is 0 Å². The summed E-state index contributed by atoms with van der Waals surface area (Å²) in [5.41, 5.74) is 1.33. The number of carbonyl (C=O) groups excluding carboxylic acids is 2. The van der Waals surface area contributed by atoms with Crippen LogP contribution < -0.4 is 14.8 Å². The molecule has 42 heavy (non-hydrogen) atoms. The summed E-state index contributed by atoms with van der Waals surface area (Å²) >= 11 is 6.50. The van der Waals surface area contributed by atoms with Crippen LogP contribution in [-0.4, -0.2) is 57.2 Å². The fourth-order valence-corrected chi connectivity index (χ4v) is 5.32. The molecule has 11 nitrogen and oxygen atoms in total. The van der Waals surface area contributed by atoms with Gasteiger partial charge in [-0.1, -0.05) is 42.6 Å². The predicted molar refractivity (Wildman–Crippen MR) is 155 cm³/mol. The molecule has 0 bridgehead atoms. The minimum absolute atomic E-state index is 0.0503. The standard InChI is InChI=1S/C30H33ClN6O5/c1-19-12-14-25(42-19)28(30(39)32-22-9-5-6-10-22)36(17-21-8-4-7-11-23(21)31)27(38)18-37-34-29(33-35-37)20-13-15-24(40-2)26(16-20)41-3/h4,7-8,11-16,22,28H,5-6,9-10,17-18H2,1-3H3,(H,32,39)/t28-/m1/s1. The lowest BCUT2D eigenvalue weighted by molar-refractivity contribution is -0.143. The van der Waals surface area contributed by atoms with Crippen LogP contribution in [0.25, 0.3) is 11.4 Å². The molecular weight excluding hydrogens is 560 g/mol. The van der Waals surface area contributed by atoms with Crippen molar-refractivity contribution in [2.75, 3.05) is 14.2 Å². The molecule has 0 aliphatic heterocycles. The van der Waals surface area contributed by atoms with Gasteiger partial charge in [0.25, 0.3) is 5.91 Å². The molecule has 2 aromatic carbocycles. The van der Waals surface area contributed by atoms with Gasteiger partial charge in [-0.2, -0.15) is 4.80 Å². The Morgan fingerprint density at radius 1 is 1.10 bits per heavy atom. The Balaban J connectivity index is 1.46. The van der Waals surface area contributed by atoms with Crippen LogP contribution in [0.2, 0.25) is 5.02 Å². The second-order valence-corrected chi connectivity index (χ2v) is 10.6. The molecule has 2 aromatic heterocycles. The van der Waals surface area contributed by atoms with Crippen molar-refractivity contribution in [2.45, 2.75) is 57.8 Å². The molecule has 1 atom stereocenters. The number of hydrogen-bond donors (Lipinski definition) is 1. The number of halogens is 1. The van der Waals surface area contributed by atoms with Gasteiger partial charge in [-0.3, -0.25) is 9.59 Å². The number of carbonyl (C=O) groups is 2. The van der Waals surface area contributed by atoms with Crippen LogP contribution in [0.3, 0.4) is 0 Å². The Morgan fingerprint density at radius 2 is 1.86 bits per heavy atom. The van der Waals surface area contributed by atoms with E-state index in [0.29, 0.717) is 45.0 Å². The van der Waals surface area contributed by atoms with Gasteiger partial charge in [0, 0.05) is 23.2 Å². The van der Waals surface area contributed by atoms with E-state index in [2.05, 4.69) is 20.7 Å². The second-order valence-electron chi connectivity index (χ2n) is 10.2. The van der Waals surface area contributed by atoms with Crippen molar-refractivity contribution in [1.82, 2.24) is 30.4 Å². The highest BCUT2D eigenvalue weighted by Crippen LogP contribution is 2.31. The van der Waals surface area contributed by atoms with Gasteiger partial charge in [-0.25, -0.2) is 0 Å². The minimum atomic E-state index is -1.03. The lowest BCUT2D eigenvalue weighted by Crippen LogP contribution is -2.46. The summed E-state index contributed by atoms with van der Waals surface area (Å²) in [5, 5.41) is 16.3. The van der Waals surface area contributed by atoms with Crippen molar-refractivity contribution in [3.05, 3.63) is 76.7 Å². The van der Waals surface area contributed by atoms with Gasteiger partial charge in [-0.05, 0) is 66.9 Å². The number of rotatable bonds is 11. The second kappa shape index (κ2) is 13.1. The topological polar surface area (TPSA) is 125 Å². The third-order valence-corrected chi connectivity index (χ3v) is 7.65. The van der Waals surface area contributed by atoms with E-state index in [1.54, 1.807) is 50.4 Å². The van der Waals surface area contributed by atoms with E-state index in [4.69, 9.17) is 25.5 Å². The fourth-order valence-electron chi connectivity index (χ4n) is 5.12. The molecule has 1 aliphatic carbocycles. The Hall–Kier alpha value is -4.38. The molecule has 220 valence electrons. The number of methoxy groups -OCH3 is 2. The highest BCUT2D eigenvalue weighted by atomic mass is 35.5. The number of tetrazole rings is 1. The molecule has 0 radical (unpaired) electrons. The highest BCUT2D eigenvalue weighted by molar-refractivity contribution is 6.31. The first kappa shape index (κ1) is 29.1. The number of hydrogen-bond acceptors (Lipinski definition) is 8. The van der Waals surface area contributed by atoms with Gasteiger partial charge >= 0.3 is 0 Å². The first-order valence-electron chi connectivity index (χ1n) is 13.8. The first-order chi connectivity index (χ1) is 20.4. The zero-order valence-electron chi connectivity index (χ0n) is 23.7. The summed E-state index contributed by atoms with van der Waals surface area (Å²) in [4.78, 5) is 30.5. The lowest BCUT2D eigenvalue weighted by Gasteiger charge is -2.31. The van der Waals surface area contributed by atoms with Crippen molar-refractivity contribution >= 4 is 23.4 Å². The summed E-state index contributed by atoms with van der Waals surface area (Å²) in [6, 6.07) is 15.0. The highest BCUT2D eigenvalue weighted by Gasteiger charge is 2.36. The third-order valence-electron chi connectivity index (χ3n) is 7.28. The number of aromatic nitrogens is 4. The Kier molecular flexibility index (Phi) is 9.06. The molecule has 4 aromatic rings. The van der Waals surface area contributed by atoms with Gasteiger partial charge in [0.2, 0.25) is 11.7 Å². The van der Waals surface area contributed by atoms with E-state index in [-0.39, 0.29) is 25.0 Å². The van der Waals surface area contributed by atoms with Gasteiger partial charge in [0.05, 0.1) is 14.2 Å². The number of amides is 2. The maximum absolute atomic E-state index is 14.0. The summed E-state index contributed by atoms with van der Waals surface area (Å²) in [7, 11) is 3.09. The normalized spacial score (nSPS) is 14.0. The average Bonchev–Trinajstić information content (AvgIpc) is 3.77. The van der Waals surface area contributed by atoms with Crippen molar-refractivity contribution in [3.8, 4) is 22.9 Å². The van der Waals surface area contributed by atoms with Gasteiger partial charge in [0.1, 0.15) is 18.1 Å². The quantitative estimate of drug-likeness (QED) is 0.265. The van der Waals surface area contributed by atoms with Crippen LogP contribution in [-0.2, 0) is 22.7 Å². The van der Waals surface area contributed by atoms with Crippen molar-refractivity contribution < 1.29 is 23.5 Å². The van der Waals surface area contributed by atoms with Crippen molar-refractivity contribution in [1.29, 1.82) is 0 Å². The SMILES string of the molecule is COc1ccc(-c2nnn(CC(=O)N(Cc3ccccc3Cl)[C@@H](C(=O)NC3CCCC3)c3ccc(C)o3)n2)cc1OC. The molecule has 0 spiro atoms. The maximum atomic E-state index is 14.0. The van der Waals surface area contributed by atoms with E-state index < -0.39 is 11.9 Å². The summed E-state index contributed by atoms with van der Waals surface area (Å²) in [6.07, 6.45) is 3.90. The minimum Gasteiger partial charge on any atom is -0.493 e. The van der Waals surface area contributed by atoms with Crippen molar-refractivity contribution in [2.24, 2.45) is 0 Å². The van der Waals surface area contributed by atoms with E-state index in [1.807, 2.05) is 18.2 Å². The van der Waals surface area contributed by atoms with Gasteiger partial charge in [-0.15, -0.1) is 10.2 Å². The summed E-state index contributed by atoms with van der Waals surface area (Å²) in [5.74, 6) is 1.65. The Morgan fingerprint density at radius 3 is 2.55 bits per heavy atom. The van der Waals surface area contributed by atoms with Crippen LogP contribution >= 0.6 is 11.6 Å². The van der Waals surface area contributed by atoms with E-state index in [1.165, 1.54) is 16.8 Å². The molecule has 0 saturated heterocycles. The zero-order chi connectivity index (χ0) is 29.6. The number of nitrogens with one attached hydrogen (secondary N) is 1. The number of benzene rings is 2. The third kappa shape index (κ3) is 6.57.